The van der Waals surface area contributed by atoms with Crippen LogP contribution in [0.25, 0.3) is 27.5 Å². The molecule has 15 heavy (non-hydrogen) atoms. The number of pyridine rings is 1. The maximum absolute atomic E-state index is 4.46. The largest absolute Gasteiger partial charge is 0.306 e. The Labute approximate surface area is 86.1 Å². The summed E-state index contributed by atoms with van der Waals surface area (Å²) in [4.78, 5) is 4.46. The van der Waals surface area contributed by atoms with Crippen LogP contribution in [-0.4, -0.2) is 9.38 Å². The summed E-state index contributed by atoms with van der Waals surface area (Å²) in [6.07, 6.45) is 1.93. The van der Waals surface area contributed by atoms with Crippen molar-refractivity contribution in [3.8, 4) is 0 Å². The Morgan fingerprint density at radius 1 is 0.867 bits per heavy atom. The molecule has 4 rings (SSSR count). The molecule has 3 heterocycles. The second-order valence-electron chi connectivity index (χ2n) is 3.82. The van der Waals surface area contributed by atoms with E-state index in [1.54, 1.807) is 0 Å². The normalized spacial score (nSPS) is 12.0. The van der Waals surface area contributed by atoms with Gasteiger partial charge < -0.3 is 4.40 Å². The molecule has 0 amide bonds. The summed E-state index contributed by atoms with van der Waals surface area (Å²) >= 11 is 0. The molecule has 0 atom stereocenters. The molecule has 0 unspecified atom stereocenters. The minimum atomic E-state index is 1.06. The van der Waals surface area contributed by atoms with Crippen molar-refractivity contribution in [3.05, 3.63) is 48.7 Å². The van der Waals surface area contributed by atoms with Crippen LogP contribution in [0, 0.1) is 0 Å². The molecule has 1 aromatic carbocycles. The third kappa shape index (κ3) is 0.773. The van der Waals surface area contributed by atoms with Crippen LogP contribution in [0.2, 0.25) is 0 Å². The molecule has 2 heteroatoms. The molecule has 4 aromatic rings. The Morgan fingerprint density at radius 2 is 1.73 bits per heavy atom. The molecule has 0 aliphatic rings. The van der Waals surface area contributed by atoms with Gasteiger partial charge in [0.05, 0.1) is 22.7 Å². The van der Waals surface area contributed by atoms with Crippen molar-refractivity contribution in [2.45, 2.75) is 0 Å². The summed E-state index contributed by atoms with van der Waals surface area (Å²) in [6.45, 7) is 0. The van der Waals surface area contributed by atoms with Crippen LogP contribution in [0.1, 0.15) is 0 Å². The fourth-order valence-corrected chi connectivity index (χ4v) is 2.30. The molecular weight excluding hydrogens is 184 g/mol. The van der Waals surface area contributed by atoms with Gasteiger partial charge in [-0.1, -0.05) is 18.2 Å². The molecule has 0 saturated carbocycles. The van der Waals surface area contributed by atoms with Gasteiger partial charge in [0.2, 0.25) is 0 Å². The number of nitrogens with zero attached hydrogens (tertiary/aromatic N) is 2. The Balaban J connectivity index is 2.54. The predicted molar refractivity (Wildman–Crippen MR) is 61.4 cm³/mol. The van der Waals surface area contributed by atoms with Gasteiger partial charge in [-0.3, -0.25) is 4.98 Å². The monoisotopic (exact) mass is 192 g/mol. The molecule has 0 bridgehead atoms. The van der Waals surface area contributed by atoms with E-state index in [0.717, 1.165) is 11.0 Å². The molecule has 0 spiro atoms. The highest BCUT2D eigenvalue weighted by Gasteiger charge is 2.06. The molecule has 70 valence electrons. The predicted octanol–water partition coefficient (Wildman–Crippen LogP) is 3.08. The quantitative estimate of drug-likeness (QED) is 0.418. The first-order valence-corrected chi connectivity index (χ1v) is 5.01. The summed E-state index contributed by atoms with van der Waals surface area (Å²) in [6, 6.07) is 14.8. The second-order valence-corrected chi connectivity index (χ2v) is 3.82. The topological polar surface area (TPSA) is 17.3 Å². The smallest absolute Gasteiger partial charge is 0.0877 e. The van der Waals surface area contributed by atoms with Crippen LogP contribution in [0.3, 0.4) is 0 Å². The lowest BCUT2D eigenvalue weighted by atomic mass is 10.2. The Morgan fingerprint density at radius 3 is 2.73 bits per heavy atom. The molecular formula is C13H8N2. The molecule has 0 fully saturated rings. The Hall–Kier alpha value is -2.09. The minimum Gasteiger partial charge on any atom is -0.306 e. The van der Waals surface area contributed by atoms with E-state index in [-0.39, 0.29) is 0 Å². The average molecular weight is 192 g/mol. The number of hydrogen-bond donors (Lipinski definition) is 0. The van der Waals surface area contributed by atoms with E-state index in [9.17, 15) is 0 Å². The molecule has 3 aromatic heterocycles. The van der Waals surface area contributed by atoms with Crippen LogP contribution < -0.4 is 0 Å². The van der Waals surface area contributed by atoms with E-state index in [1.807, 2.05) is 6.20 Å². The third-order valence-corrected chi connectivity index (χ3v) is 2.98. The number of aromatic nitrogens is 2. The summed E-state index contributed by atoms with van der Waals surface area (Å²) in [5, 5.41) is 1.24. The molecule has 0 radical (unpaired) electrons. The average Bonchev–Trinajstić information content (AvgIpc) is 2.71. The van der Waals surface area contributed by atoms with Crippen molar-refractivity contribution in [2.75, 3.05) is 0 Å². The number of benzene rings is 1. The molecule has 2 nitrogen and oxygen atoms in total. The first-order valence-electron chi connectivity index (χ1n) is 5.01. The van der Waals surface area contributed by atoms with Gasteiger partial charge in [-0.25, -0.2) is 0 Å². The number of hydrogen-bond acceptors (Lipinski definition) is 1. The van der Waals surface area contributed by atoms with E-state index in [4.69, 9.17) is 0 Å². The highest BCUT2D eigenvalue weighted by molar-refractivity contribution is 5.97. The summed E-state index contributed by atoms with van der Waals surface area (Å²) in [7, 11) is 0. The van der Waals surface area contributed by atoms with Crippen LogP contribution >= 0.6 is 0 Å². The van der Waals surface area contributed by atoms with Gasteiger partial charge in [0.15, 0.2) is 0 Å². The lowest BCUT2D eigenvalue weighted by molar-refractivity contribution is 1.27. The maximum atomic E-state index is 4.46. The maximum Gasteiger partial charge on any atom is 0.0877 e. The summed E-state index contributed by atoms with van der Waals surface area (Å²) in [5.74, 6) is 0. The lowest BCUT2D eigenvalue weighted by Crippen LogP contribution is -1.92. The van der Waals surface area contributed by atoms with E-state index in [2.05, 4.69) is 51.8 Å². The number of para-hydroxylation sites is 1. The van der Waals surface area contributed by atoms with Gasteiger partial charge in [0.1, 0.15) is 0 Å². The van der Waals surface area contributed by atoms with Gasteiger partial charge in [-0.2, -0.15) is 0 Å². The standard InChI is InChI=1S/C13H8N2/c1-2-9-4-5-10-6-7-11-8-14-12(3-1)13(9)15(10)11/h1-8H. The molecule has 0 aliphatic heterocycles. The van der Waals surface area contributed by atoms with Gasteiger partial charge >= 0.3 is 0 Å². The minimum absolute atomic E-state index is 1.06. The van der Waals surface area contributed by atoms with Crippen LogP contribution in [0.5, 0.6) is 0 Å². The number of rotatable bonds is 0. The summed E-state index contributed by atoms with van der Waals surface area (Å²) in [5.41, 5.74) is 4.67. The van der Waals surface area contributed by atoms with E-state index < -0.39 is 0 Å². The SMILES string of the molecule is c1cc2ccc3ccc4cnc(c1)c2n34. The fourth-order valence-electron chi connectivity index (χ4n) is 2.30. The van der Waals surface area contributed by atoms with Crippen LogP contribution in [0.4, 0.5) is 0 Å². The van der Waals surface area contributed by atoms with Crippen molar-refractivity contribution in [1.29, 1.82) is 0 Å². The molecule has 0 N–H and O–H groups in total. The Kier molecular flexibility index (Phi) is 1.10. The summed E-state index contributed by atoms with van der Waals surface area (Å²) < 4.78 is 2.26. The van der Waals surface area contributed by atoms with Crippen LogP contribution in [-0.2, 0) is 0 Å². The van der Waals surface area contributed by atoms with Crippen molar-refractivity contribution in [2.24, 2.45) is 0 Å². The second kappa shape index (κ2) is 2.28. The highest BCUT2D eigenvalue weighted by Crippen LogP contribution is 2.25. The van der Waals surface area contributed by atoms with Gasteiger partial charge in [0.25, 0.3) is 0 Å². The van der Waals surface area contributed by atoms with Crippen molar-refractivity contribution in [1.82, 2.24) is 9.38 Å². The van der Waals surface area contributed by atoms with Gasteiger partial charge in [-0.15, -0.1) is 0 Å². The van der Waals surface area contributed by atoms with Crippen molar-refractivity contribution < 1.29 is 0 Å². The van der Waals surface area contributed by atoms with Crippen molar-refractivity contribution in [3.63, 3.8) is 0 Å². The third-order valence-electron chi connectivity index (χ3n) is 2.98. The zero-order valence-electron chi connectivity index (χ0n) is 8.01. The molecule has 0 saturated heterocycles. The van der Waals surface area contributed by atoms with E-state index in [0.29, 0.717) is 0 Å². The van der Waals surface area contributed by atoms with E-state index in [1.165, 1.54) is 16.4 Å². The first-order chi connectivity index (χ1) is 7.43. The van der Waals surface area contributed by atoms with Gasteiger partial charge in [-0.05, 0) is 24.3 Å². The first kappa shape index (κ1) is 7.23. The zero-order chi connectivity index (χ0) is 9.83. The van der Waals surface area contributed by atoms with Gasteiger partial charge in [0, 0.05) is 10.9 Å². The Bertz CT molecular complexity index is 707. The van der Waals surface area contributed by atoms with Crippen molar-refractivity contribution >= 4 is 27.5 Å². The molecule has 0 aliphatic carbocycles. The zero-order valence-corrected chi connectivity index (χ0v) is 8.01. The lowest BCUT2D eigenvalue weighted by Gasteiger charge is -2.07. The fraction of sp³-hybridized carbons (Fsp3) is 0. The van der Waals surface area contributed by atoms with E-state index >= 15 is 0 Å². The van der Waals surface area contributed by atoms with Crippen LogP contribution in [0.15, 0.2) is 48.7 Å². The highest BCUT2D eigenvalue weighted by atomic mass is 14.9.